The second-order valence-electron chi connectivity index (χ2n) is 8.25. The SMILES string of the molecule is O=C(c1cc2nccc(-c3ccc4ccccc4c3)n2n1)N1CCN(C(=O)c2cccs2)CC1. The fraction of sp³-hybridized carbons (Fsp3) is 0.154. The van der Waals surface area contributed by atoms with Crippen LogP contribution in [0.1, 0.15) is 20.2 Å². The number of hydrogen-bond acceptors (Lipinski definition) is 5. The van der Waals surface area contributed by atoms with Crippen molar-refractivity contribution in [2.24, 2.45) is 0 Å². The molecule has 0 N–H and O–H groups in total. The van der Waals surface area contributed by atoms with Crippen LogP contribution in [0.2, 0.25) is 0 Å². The van der Waals surface area contributed by atoms with Gasteiger partial charge >= 0.3 is 0 Å². The number of amides is 2. The van der Waals surface area contributed by atoms with Crippen molar-refractivity contribution in [3.8, 4) is 11.3 Å². The summed E-state index contributed by atoms with van der Waals surface area (Å²) in [7, 11) is 0. The molecule has 1 aliphatic rings. The first-order valence-corrected chi connectivity index (χ1v) is 12.0. The van der Waals surface area contributed by atoms with Gasteiger partial charge in [0.1, 0.15) is 0 Å². The Hall–Kier alpha value is -4.04. The summed E-state index contributed by atoms with van der Waals surface area (Å²) >= 11 is 1.44. The first-order chi connectivity index (χ1) is 16.7. The van der Waals surface area contributed by atoms with Gasteiger partial charge in [0, 0.05) is 44.0 Å². The average molecular weight is 468 g/mol. The third kappa shape index (κ3) is 3.62. The van der Waals surface area contributed by atoms with Gasteiger partial charge in [-0.1, -0.05) is 42.5 Å². The molecule has 6 rings (SSSR count). The van der Waals surface area contributed by atoms with E-state index in [9.17, 15) is 9.59 Å². The summed E-state index contributed by atoms with van der Waals surface area (Å²) in [5.41, 5.74) is 2.87. The Morgan fingerprint density at radius 1 is 0.794 bits per heavy atom. The number of carbonyl (C=O) groups is 2. The summed E-state index contributed by atoms with van der Waals surface area (Å²) in [5, 5.41) is 8.84. The van der Waals surface area contributed by atoms with Crippen molar-refractivity contribution < 1.29 is 9.59 Å². The molecule has 1 aliphatic heterocycles. The first kappa shape index (κ1) is 20.6. The highest BCUT2D eigenvalue weighted by Gasteiger charge is 2.27. The number of carbonyl (C=O) groups excluding carboxylic acids is 2. The lowest BCUT2D eigenvalue weighted by Gasteiger charge is -2.34. The molecule has 3 aromatic heterocycles. The molecule has 1 saturated heterocycles. The lowest BCUT2D eigenvalue weighted by molar-refractivity contribution is 0.0534. The van der Waals surface area contributed by atoms with Crippen LogP contribution in [-0.2, 0) is 0 Å². The van der Waals surface area contributed by atoms with Gasteiger partial charge in [-0.05, 0) is 34.4 Å². The normalized spacial score (nSPS) is 14.1. The van der Waals surface area contributed by atoms with Gasteiger partial charge in [-0.25, -0.2) is 9.50 Å². The zero-order chi connectivity index (χ0) is 23.1. The van der Waals surface area contributed by atoms with Crippen molar-refractivity contribution in [1.82, 2.24) is 24.4 Å². The molecule has 2 aromatic carbocycles. The van der Waals surface area contributed by atoms with E-state index in [1.54, 1.807) is 26.6 Å². The lowest BCUT2D eigenvalue weighted by Crippen LogP contribution is -2.50. The average Bonchev–Trinajstić information content (AvgIpc) is 3.58. The summed E-state index contributed by atoms with van der Waals surface area (Å²) in [5.74, 6) is -0.114. The fourth-order valence-corrected chi connectivity index (χ4v) is 5.09. The summed E-state index contributed by atoms with van der Waals surface area (Å²) in [6, 6.07) is 21.8. The molecule has 0 radical (unpaired) electrons. The summed E-state index contributed by atoms with van der Waals surface area (Å²) in [4.78, 5) is 34.5. The largest absolute Gasteiger partial charge is 0.334 e. The molecule has 0 aliphatic carbocycles. The number of benzene rings is 2. The summed E-state index contributed by atoms with van der Waals surface area (Å²) in [6.45, 7) is 1.98. The van der Waals surface area contributed by atoms with Gasteiger partial charge in [0.05, 0.1) is 10.6 Å². The minimum atomic E-state index is -0.141. The smallest absolute Gasteiger partial charge is 0.274 e. The van der Waals surface area contributed by atoms with Crippen molar-refractivity contribution in [1.29, 1.82) is 0 Å². The van der Waals surface area contributed by atoms with Gasteiger partial charge in [-0.3, -0.25) is 9.59 Å². The molecule has 0 bridgehead atoms. The predicted molar refractivity (Wildman–Crippen MR) is 132 cm³/mol. The zero-order valence-electron chi connectivity index (χ0n) is 18.3. The quantitative estimate of drug-likeness (QED) is 0.399. The molecule has 2 amide bonds. The molecule has 168 valence electrons. The highest BCUT2D eigenvalue weighted by Crippen LogP contribution is 2.25. The number of fused-ring (bicyclic) bond motifs is 2. The lowest BCUT2D eigenvalue weighted by atomic mass is 10.1. The van der Waals surface area contributed by atoms with E-state index < -0.39 is 0 Å². The van der Waals surface area contributed by atoms with Gasteiger partial charge < -0.3 is 9.80 Å². The predicted octanol–water partition coefficient (Wildman–Crippen LogP) is 4.21. The second-order valence-corrected chi connectivity index (χ2v) is 9.20. The van der Waals surface area contributed by atoms with Gasteiger partial charge in [0.2, 0.25) is 0 Å². The Morgan fingerprint density at radius 3 is 2.32 bits per heavy atom. The number of hydrogen-bond donors (Lipinski definition) is 0. The van der Waals surface area contributed by atoms with E-state index in [1.807, 2.05) is 35.7 Å². The Kier molecular flexibility index (Phi) is 5.07. The Balaban J connectivity index is 1.24. The minimum absolute atomic E-state index is 0.0269. The third-order valence-corrected chi connectivity index (χ3v) is 7.07. The summed E-state index contributed by atoms with van der Waals surface area (Å²) < 4.78 is 1.73. The van der Waals surface area contributed by atoms with Gasteiger partial charge in [-0.2, -0.15) is 5.10 Å². The highest BCUT2D eigenvalue weighted by molar-refractivity contribution is 7.12. The number of rotatable bonds is 3. The maximum absolute atomic E-state index is 13.2. The Bertz CT molecular complexity index is 1520. The monoisotopic (exact) mass is 467 g/mol. The number of nitrogens with zero attached hydrogens (tertiary/aromatic N) is 5. The van der Waals surface area contributed by atoms with Crippen molar-refractivity contribution in [2.75, 3.05) is 26.2 Å². The van der Waals surface area contributed by atoms with E-state index in [4.69, 9.17) is 0 Å². The van der Waals surface area contributed by atoms with E-state index >= 15 is 0 Å². The van der Waals surface area contributed by atoms with Crippen LogP contribution in [0.3, 0.4) is 0 Å². The molecule has 0 saturated carbocycles. The molecule has 0 atom stereocenters. The van der Waals surface area contributed by atoms with Crippen LogP contribution in [0, 0.1) is 0 Å². The maximum Gasteiger partial charge on any atom is 0.274 e. The number of thiophene rings is 1. The Morgan fingerprint density at radius 2 is 1.56 bits per heavy atom. The number of aromatic nitrogens is 3. The molecular weight excluding hydrogens is 446 g/mol. The van der Waals surface area contributed by atoms with Crippen LogP contribution in [0.15, 0.2) is 78.3 Å². The topological polar surface area (TPSA) is 70.8 Å². The molecule has 8 heteroatoms. The van der Waals surface area contributed by atoms with Gasteiger partial charge in [0.15, 0.2) is 11.3 Å². The summed E-state index contributed by atoms with van der Waals surface area (Å²) in [6.07, 6.45) is 1.74. The third-order valence-electron chi connectivity index (χ3n) is 6.21. The van der Waals surface area contributed by atoms with Gasteiger partial charge in [-0.15, -0.1) is 11.3 Å². The van der Waals surface area contributed by atoms with Crippen LogP contribution in [-0.4, -0.2) is 62.4 Å². The van der Waals surface area contributed by atoms with Crippen LogP contribution >= 0.6 is 11.3 Å². The molecule has 1 fully saturated rings. The molecule has 0 unspecified atom stereocenters. The highest BCUT2D eigenvalue weighted by atomic mass is 32.1. The first-order valence-electron chi connectivity index (χ1n) is 11.1. The van der Waals surface area contributed by atoms with Crippen molar-refractivity contribution >= 4 is 39.6 Å². The van der Waals surface area contributed by atoms with Crippen LogP contribution in [0.25, 0.3) is 27.7 Å². The van der Waals surface area contributed by atoms with Crippen molar-refractivity contribution in [3.05, 3.63) is 88.9 Å². The van der Waals surface area contributed by atoms with Crippen LogP contribution in [0.5, 0.6) is 0 Å². The molecule has 0 spiro atoms. The van der Waals surface area contributed by atoms with Crippen molar-refractivity contribution in [2.45, 2.75) is 0 Å². The molecule has 4 heterocycles. The fourth-order valence-electron chi connectivity index (χ4n) is 4.40. The molecule has 7 nitrogen and oxygen atoms in total. The van der Waals surface area contributed by atoms with Gasteiger partial charge in [0.25, 0.3) is 11.8 Å². The van der Waals surface area contributed by atoms with Crippen LogP contribution in [0.4, 0.5) is 0 Å². The zero-order valence-corrected chi connectivity index (χ0v) is 19.1. The van der Waals surface area contributed by atoms with E-state index in [1.165, 1.54) is 16.7 Å². The number of piperazine rings is 1. The van der Waals surface area contributed by atoms with E-state index in [0.717, 1.165) is 21.5 Å². The molecule has 5 aromatic rings. The van der Waals surface area contributed by atoms with Crippen LogP contribution < -0.4 is 0 Å². The van der Waals surface area contributed by atoms with E-state index in [-0.39, 0.29) is 11.8 Å². The maximum atomic E-state index is 13.2. The molecule has 34 heavy (non-hydrogen) atoms. The minimum Gasteiger partial charge on any atom is -0.334 e. The van der Waals surface area contributed by atoms with E-state index in [2.05, 4.69) is 40.4 Å². The second kappa shape index (κ2) is 8.39. The standard InChI is InChI=1S/C26H21N5O2S/c32-25(29-11-13-30(14-12-29)26(33)23-6-3-15-34-23)21-17-24-27-10-9-22(31(24)28-21)20-8-7-18-4-1-2-5-19(18)16-20/h1-10,15-17H,11-14H2. The van der Waals surface area contributed by atoms with E-state index in [0.29, 0.717) is 37.5 Å². The Labute approximate surface area is 199 Å². The molecular formula is C26H21N5O2S. The van der Waals surface area contributed by atoms with Crippen molar-refractivity contribution in [3.63, 3.8) is 0 Å².